The van der Waals surface area contributed by atoms with Gasteiger partial charge in [-0.1, -0.05) is 0 Å². The van der Waals surface area contributed by atoms with Crippen LogP contribution in [0.2, 0.25) is 0 Å². The van der Waals surface area contributed by atoms with Crippen LogP contribution in [0, 0.1) is 0 Å². The molecular formula is C5H10FN. The molecule has 1 aliphatic rings. The van der Waals surface area contributed by atoms with Gasteiger partial charge in [0.1, 0.15) is 6.67 Å². The summed E-state index contributed by atoms with van der Waals surface area (Å²) in [5, 5.41) is 3.03. The molecule has 0 saturated heterocycles. The molecule has 1 saturated carbocycles. The van der Waals surface area contributed by atoms with E-state index >= 15 is 0 Å². The van der Waals surface area contributed by atoms with Crippen molar-refractivity contribution < 1.29 is 4.39 Å². The topological polar surface area (TPSA) is 12.0 Å². The van der Waals surface area contributed by atoms with E-state index in [1.54, 1.807) is 0 Å². The van der Waals surface area contributed by atoms with E-state index < -0.39 is 0 Å². The van der Waals surface area contributed by atoms with Crippen molar-refractivity contribution in [3.8, 4) is 0 Å². The SMILES string of the molecule is FCCNC1CC1. The van der Waals surface area contributed by atoms with Crippen LogP contribution in [0.1, 0.15) is 12.8 Å². The Morgan fingerprint density at radius 1 is 1.57 bits per heavy atom. The zero-order valence-electron chi connectivity index (χ0n) is 4.28. The Hall–Kier alpha value is -0.110. The van der Waals surface area contributed by atoms with Crippen LogP contribution in [0.4, 0.5) is 4.39 Å². The maximum Gasteiger partial charge on any atom is 0.102 e. The van der Waals surface area contributed by atoms with Crippen LogP contribution in [0.15, 0.2) is 0 Å². The number of nitrogens with one attached hydrogen (secondary N) is 1. The molecule has 0 radical (unpaired) electrons. The van der Waals surface area contributed by atoms with Crippen LogP contribution in [-0.4, -0.2) is 19.3 Å². The molecule has 2 heteroatoms. The fraction of sp³-hybridized carbons (Fsp3) is 1.00. The van der Waals surface area contributed by atoms with Crippen LogP contribution in [0.5, 0.6) is 0 Å². The molecule has 0 aliphatic heterocycles. The van der Waals surface area contributed by atoms with Gasteiger partial charge in [-0.05, 0) is 12.8 Å². The lowest BCUT2D eigenvalue weighted by Gasteiger charge is -1.92. The van der Waals surface area contributed by atoms with E-state index in [0.717, 1.165) is 0 Å². The molecule has 1 nitrogen and oxygen atoms in total. The summed E-state index contributed by atoms with van der Waals surface area (Å²) in [7, 11) is 0. The largest absolute Gasteiger partial charge is 0.311 e. The number of halogens is 1. The van der Waals surface area contributed by atoms with Crippen molar-refractivity contribution in [3.63, 3.8) is 0 Å². The van der Waals surface area contributed by atoms with Gasteiger partial charge >= 0.3 is 0 Å². The molecule has 1 aliphatic carbocycles. The minimum atomic E-state index is -0.226. The molecule has 0 bridgehead atoms. The zero-order valence-corrected chi connectivity index (χ0v) is 4.28. The number of hydrogen-bond acceptors (Lipinski definition) is 1. The summed E-state index contributed by atoms with van der Waals surface area (Å²) >= 11 is 0. The number of rotatable bonds is 3. The van der Waals surface area contributed by atoms with Gasteiger partial charge in [0, 0.05) is 12.6 Å². The van der Waals surface area contributed by atoms with E-state index in [-0.39, 0.29) is 6.67 Å². The second-order valence-corrected chi connectivity index (χ2v) is 1.92. The average Bonchev–Trinajstić information content (AvgIpc) is 2.42. The molecule has 42 valence electrons. The highest BCUT2D eigenvalue weighted by molar-refractivity contribution is 4.80. The van der Waals surface area contributed by atoms with E-state index in [1.807, 2.05) is 0 Å². The maximum atomic E-state index is 11.3. The second-order valence-electron chi connectivity index (χ2n) is 1.92. The van der Waals surface area contributed by atoms with E-state index in [2.05, 4.69) is 5.32 Å². The highest BCUT2D eigenvalue weighted by Crippen LogP contribution is 2.17. The Kier molecular flexibility index (Phi) is 1.63. The molecule has 0 aromatic carbocycles. The van der Waals surface area contributed by atoms with Crippen LogP contribution in [0.25, 0.3) is 0 Å². The van der Waals surface area contributed by atoms with Gasteiger partial charge in [-0.25, -0.2) is 4.39 Å². The highest BCUT2D eigenvalue weighted by Gasteiger charge is 2.19. The Labute approximate surface area is 42.9 Å². The third-order valence-corrected chi connectivity index (χ3v) is 1.10. The third-order valence-electron chi connectivity index (χ3n) is 1.10. The van der Waals surface area contributed by atoms with Gasteiger partial charge in [0.05, 0.1) is 0 Å². The van der Waals surface area contributed by atoms with Crippen LogP contribution in [0.3, 0.4) is 0 Å². The molecule has 0 aromatic rings. The summed E-state index contributed by atoms with van der Waals surface area (Å²) in [4.78, 5) is 0. The molecule has 0 spiro atoms. The highest BCUT2D eigenvalue weighted by atomic mass is 19.1. The summed E-state index contributed by atoms with van der Waals surface area (Å²) in [6.07, 6.45) is 2.50. The van der Waals surface area contributed by atoms with Crippen molar-refractivity contribution in [2.24, 2.45) is 0 Å². The normalized spacial score (nSPS) is 20.1. The lowest BCUT2D eigenvalue weighted by molar-refractivity contribution is 0.466. The van der Waals surface area contributed by atoms with Gasteiger partial charge in [-0.2, -0.15) is 0 Å². The first-order valence-electron chi connectivity index (χ1n) is 2.73. The smallest absolute Gasteiger partial charge is 0.102 e. The molecule has 0 heterocycles. The fourth-order valence-electron chi connectivity index (χ4n) is 0.546. The van der Waals surface area contributed by atoms with Crippen LogP contribution < -0.4 is 5.32 Å². The predicted molar refractivity (Wildman–Crippen MR) is 27.0 cm³/mol. The Morgan fingerprint density at radius 2 is 2.29 bits per heavy atom. The quantitative estimate of drug-likeness (QED) is 0.554. The monoisotopic (exact) mass is 103 g/mol. The summed E-state index contributed by atoms with van der Waals surface area (Å²) < 4.78 is 11.3. The molecule has 1 fully saturated rings. The Balaban J connectivity index is 1.80. The first-order chi connectivity index (χ1) is 3.43. The summed E-state index contributed by atoms with van der Waals surface area (Å²) in [6.45, 7) is 0.321. The lowest BCUT2D eigenvalue weighted by Crippen LogP contribution is -2.18. The van der Waals surface area contributed by atoms with E-state index in [1.165, 1.54) is 12.8 Å². The summed E-state index contributed by atoms with van der Waals surface area (Å²) in [5.41, 5.74) is 0. The van der Waals surface area contributed by atoms with Crippen molar-refractivity contribution in [2.75, 3.05) is 13.2 Å². The molecule has 7 heavy (non-hydrogen) atoms. The third kappa shape index (κ3) is 1.88. The van der Waals surface area contributed by atoms with Crippen molar-refractivity contribution in [3.05, 3.63) is 0 Å². The Morgan fingerprint density at radius 3 is 2.71 bits per heavy atom. The molecular weight excluding hydrogens is 93.1 g/mol. The average molecular weight is 103 g/mol. The van der Waals surface area contributed by atoms with Crippen LogP contribution in [-0.2, 0) is 0 Å². The Bertz CT molecular complexity index is 52.0. The standard InChI is InChI=1S/C5H10FN/c6-3-4-7-5-1-2-5/h5,7H,1-4H2. The van der Waals surface area contributed by atoms with Gasteiger partial charge in [-0.15, -0.1) is 0 Å². The molecule has 0 atom stereocenters. The van der Waals surface area contributed by atoms with Gasteiger partial charge in [0.15, 0.2) is 0 Å². The fourth-order valence-corrected chi connectivity index (χ4v) is 0.546. The predicted octanol–water partition coefficient (Wildman–Crippen LogP) is 0.708. The molecule has 1 N–H and O–H groups in total. The molecule has 1 rings (SSSR count). The van der Waals surface area contributed by atoms with Gasteiger partial charge < -0.3 is 5.32 Å². The van der Waals surface area contributed by atoms with Crippen molar-refractivity contribution in [1.82, 2.24) is 5.32 Å². The van der Waals surface area contributed by atoms with Gasteiger partial charge in [-0.3, -0.25) is 0 Å². The first-order valence-corrected chi connectivity index (χ1v) is 2.73. The maximum absolute atomic E-state index is 11.3. The summed E-state index contributed by atoms with van der Waals surface area (Å²) in [5.74, 6) is 0. The van der Waals surface area contributed by atoms with Gasteiger partial charge in [0.2, 0.25) is 0 Å². The second kappa shape index (κ2) is 2.26. The molecule has 0 unspecified atom stereocenters. The van der Waals surface area contributed by atoms with Gasteiger partial charge in [0.25, 0.3) is 0 Å². The number of alkyl halides is 1. The number of hydrogen-bond donors (Lipinski definition) is 1. The van der Waals surface area contributed by atoms with Crippen molar-refractivity contribution in [1.29, 1.82) is 0 Å². The minimum Gasteiger partial charge on any atom is -0.311 e. The van der Waals surface area contributed by atoms with E-state index in [4.69, 9.17) is 0 Å². The van der Waals surface area contributed by atoms with Crippen molar-refractivity contribution in [2.45, 2.75) is 18.9 Å². The van der Waals surface area contributed by atoms with Crippen LogP contribution >= 0.6 is 0 Å². The zero-order chi connectivity index (χ0) is 5.11. The van der Waals surface area contributed by atoms with E-state index in [9.17, 15) is 4.39 Å². The lowest BCUT2D eigenvalue weighted by atomic mass is 10.6. The minimum absolute atomic E-state index is 0.226. The summed E-state index contributed by atoms with van der Waals surface area (Å²) in [6, 6.07) is 0.663. The van der Waals surface area contributed by atoms with E-state index in [0.29, 0.717) is 12.6 Å². The van der Waals surface area contributed by atoms with Crippen molar-refractivity contribution >= 4 is 0 Å². The molecule has 0 amide bonds. The first kappa shape index (κ1) is 5.04. The molecule has 0 aromatic heterocycles.